The first kappa shape index (κ1) is 20.8. The van der Waals surface area contributed by atoms with Crippen molar-refractivity contribution in [3.8, 4) is 0 Å². The van der Waals surface area contributed by atoms with Crippen LogP contribution in [0, 0.1) is 5.92 Å². The zero-order chi connectivity index (χ0) is 18.1. The Morgan fingerprint density at radius 1 is 1.08 bits per heavy atom. The van der Waals surface area contributed by atoms with E-state index < -0.39 is 0 Å². The summed E-state index contributed by atoms with van der Waals surface area (Å²) in [5, 5.41) is 10.4. The van der Waals surface area contributed by atoms with Crippen LogP contribution in [-0.4, -0.2) is 31.9 Å². The van der Waals surface area contributed by atoms with Crippen LogP contribution in [0.3, 0.4) is 0 Å². The third-order valence-electron chi connectivity index (χ3n) is 4.84. The van der Waals surface area contributed by atoms with Crippen LogP contribution in [0.25, 0.3) is 0 Å². The number of rotatable bonds is 6. The SMILES string of the molecule is CNc1cc(C(C)C)ccc1N(CC(C)C)C1CCCCC1.CO. The average molecular weight is 335 g/mol. The Balaban J connectivity index is 0.00000139. The van der Waals surface area contributed by atoms with E-state index in [0.29, 0.717) is 17.9 Å². The van der Waals surface area contributed by atoms with Crippen molar-refractivity contribution < 1.29 is 5.11 Å². The number of benzene rings is 1. The second-order valence-electron chi connectivity index (χ2n) is 7.52. The van der Waals surface area contributed by atoms with Gasteiger partial charge in [0.05, 0.1) is 11.4 Å². The summed E-state index contributed by atoms with van der Waals surface area (Å²) in [6.07, 6.45) is 6.89. The molecule has 0 aliphatic heterocycles. The lowest BCUT2D eigenvalue weighted by Crippen LogP contribution is -2.39. The lowest BCUT2D eigenvalue weighted by atomic mass is 9.92. The Hall–Kier alpha value is -1.22. The van der Waals surface area contributed by atoms with Crippen molar-refractivity contribution in [1.82, 2.24) is 0 Å². The van der Waals surface area contributed by atoms with Crippen LogP contribution in [0.1, 0.15) is 71.3 Å². The molecule has 0 radical (unpaired) electrons. The van der Waals surface area contributed by atoms with Gasteiger partial charge in [0.1, 0.15) is 0 Å². The van der Waals surface area contributed by atoms with E-state index >= 15 is 0 Å². The molecule has 0 saturated heterocycles. The predicted molar refractivity (Wildman–Crippen MR) is 107 cm³/mol. The molecule has 1 fully saturated rings. The summed E-state index contributed by atoms with van der Waals surface area (Å²) in [4.78, 5) is 2.68. The van der Waals surface area contributed by atoms with E-state index in [1.165, 1.54) is 49.0 Å². The van der Waals surface area contributed by atoms with Gasteiger partial charge in [0.2, 0.25) is 0 Å². The maximum Gasteiger partial charge on any atom is 0.0604 e. The average Bonchev–Trinajstić information content (AvgIpc) is 2.61. The molecular formula is C21H38N2O. The zero-order valence-electron chi connectivity index (χ0n) is 16.6. The second kappa shape index (κ2) is 10.6. The third kappa shape index (κ3) is 5.70. The molecule has 1 aromatic rings. The molecule has 3 heteroatoms. The minimum Gasteiger partial charge on any atom is -0.400 e. The highest BCUT2D eigenvalue weighted by atomic mass is 16.2. The normalized spacial score (nSPS) is 15.2. The fourth-order valence-electron chi connectivity index (χ4n) is 3.59. The highest BCUT2D eigenvalue weighted by Crippen LogP contribution is 2.35. The van der Waals surface area contributed by atoms with E-state index in [2.05, 4.69) is 63.2 Å². The van der Waals surface area contributed by atoms with Gasteiger partial charge in [0, 0.05) is 26.7 Å². The Morgan fingerprint density at radius 2 is 1.71 bits per heavy atom. The van der Waals surface area contributed by atoms with Crippen LogP contribution in [0.4, 0.5) is 11.4 Å². The van der Waals surface area contributed by atoms with Gasteiger partial charge in [-0.25, -0.2) is 0 Å². The fourth-order valence-corrected chi connectivity index (χ4v) is 3.59. The monoisotopic (exact) mass is 334 g/mol. The molecule has 0 heterocycles. The van der Waals surface area contributed by atoms with Crippen molar-refractivity contribution in [2.24, 2.45) is 5.92 Å². The number of aliphatic hydroxyl groups is 1. The fraction of sp³-hybridized carbons (Fsp3) is 0.714. The Morgan fingerprint density at radius 3 is 2.21 bits per heavy atom. The number of hydrogen-bond donors (Lipinski definition) is 2. The number of aliphatic hydroxyl groups excluding tert-OH is 1. The maximum absolute atomic E-state index is 7.00. The van der Waals surface area contributed by atoms with Crippen molar-refractivity contribution in [1.29, 1.82) is 0 Å². The zero-order valence-corrected chi connectivity index (χ0v) is 16.6. The van der Waals surface area contributed by atoms with Crippen molar-refractivity contribution in [3.05, 3.63) is 23.8 Å². The summed E-state index contributed by atoms with van der Waals surface area (Å²) >= 11 is 0. The van der Waals surface area contributed by atoms with Gasteiger partial charge in [-0.1, -0.05) is 53.0 Å². The molecule has 0 unspecified atom stereocenters. The smallest absolute Gasteiger partial charge is 0.0604 e. The van der Waals surface area contributed by atoms with E-state index in [0.717, 1.165) is 13.7 Å². The van der Waals surface area contributed by atoms with Gasteiger partial charge in [-0.15, -0.1) is 0 Å². The molecule has 1 saturated carbocycles. The molecule has 1 aliphatic rings. The van der Waals surface area contributed by atoms with Gasteiger partial charge in [-0.3, -0.25) is 0 Å². The Kier molecular flexibility index (Phi) is 9.20. The number of hydrogen-bond acceptors (Lipinski definition) is 3. The molecule has 0 spiro atoms. The summed E-state index contributed by atoms with van der Waals surface area (Å²) in [6, 6.07) is 7.72. The number of nitrogens with one attached hydrogen (secondary N) is 1. The third-order valence-corrected chi connectivity index (χ3v) is 4.84. The highest BCUT2D eigenvalue weighted by molar-refractivity contribution is 5.71. The topological polar surface area (TPSA) is 35.5 Å². The van der Waals surface area contributed by atoms with Crippen LogP contribution in [0.5, 0.6) is 0 Å². The van der Waals surface area contributed by atoms with Crippen molar-refractivity contribution in [3.63, 3.8) is 0 Å². The van der Waals surface area contributed by atoms with Crippen molar-refractivity contribution in [2.45, 2.75) is 71.8 Å². The van der Waals surface area contributed by atoms with Crippen LogP contribution < -0.4 is 10.2 Å². The lowest BCUT2D eigenvalue weighted by molar-refractivity contribution is 0.399. The van der Waals surface area contributed by atoms with Gasteiger partial charge >= 0.3 is 0 Å². The Bertz CT molecular complexity index is 465. The maximum atomic E-state index is 7.00. The van der Waals surface area contributed by atoms with Crippen molar-refractivity contribution in [2.75, 3.05) is 30.9 Å². The standard InChI is InChI=1S/C20H34N2.CH4O/c1-15(2)14-22(18-9-7-6-8-10-18)20-12-11-17(16(3)4)13-19(20)21-5;1-2/h11-13,15-16,18,21H,6-10,14H2,1-5H3;2H,1H3. The first-order valence-electron chi connectivity index (χ1n) is 9.56. The minimum atomic E-state index is 0.578. The van der Waals surface area contributed by atoms with E-state index in [-0.39, 0.29) is 0 Å². The largest absolute Gasteiger partial charge is 0.400 e. The minimum absolute atomic E-state index is 0.578. The second-order valence-corrected chi connectivity index (χ2v) is 7.52. The van der Waals surface area contributed by atoms with Gasteiger partial charge in [-0.2, -0.15) is 0 Å². The van der Waals surface area contributed by atoms with E-state index in [1.807, 2.05) is 0 Å². The van der Waals surface area contributed by atoms with Gasteiger partial charge in [-0.05, 0) is 42.4 Å². The van der Waals surface area contributed by atoms with Gasteiger partial charge in [0.15, 0.2) is 0 Å². The molecule has 0 aromatic heterocycles. The highest BCUT2D eigenvalue weighted by Gasteiger charge is 2.24. The number of anilines is 2. The molecule has 138 valence electrons. The van der Waals surface area contributed by atoms with E-state index in [4.69, 9.17) is 5.11 Å². The van der Waals surface area contributed by atoms with Crippen LogP contribution in [0.15, 0.2) is 18.2 Å². The predicted octanol–water partition coefficient (Wildman–Crippen LogP) is 5.26. The Labute approximate surface area is 149 Å². The summed E-state index contributed by atoms with van der Waals surface area (Å²) in [7, 11) is 3.05. The van der Waals surface area contributed by atoms with Crippen molar-refractivity contribution >= 4 is 11.4 Å². The quantitative estimate of drug-likeness (QED) is 0.745. The lowest BCUT2D eigenvalue weighted by Gasteiger charge is -2.38. The van der Waals surface area contributed by atoms with E-state index in [1.54, 1.807) is 0 Å². The molecule has 1 aromatic carbocycles. The molecular weight excluding hydrogens is 296 g/mol. The molecule has 24 heavy (non-hydrogen) atoms. The van der Waals surface area contributed by atoms with Gasteiger partial charge < -0.3 is 15.3 Å². The molecule has 3 nitrogen and oxygen atoms in total. The molecule has 0 amide bonds. The van der Waals surface area contributed by atoms with Crippen LogP contribution in [0.2, 0.25) is 0 Å². The molecule has 1 aliphatic carbocycles. The molecule has 2 N–H and O–H groups in total. The summed E-state index contributed by atoms with van der Waals surface area (Å²) in [5.74, 6) is 1.27. The molecule has 0 atom stereocenters. The number of nitrogens with zero attached hydrogens (tertiary/aromatic N) is 1. The van der Waals surface area contributed by atoms with Crippen LogP contribution >= 0.6 is 0 Å². The van der Waals surface area contributed by atoms with Gasteiger partial charge in [0.25, 0.3) is 0 Å². The first-order valence-corrected chi connectivity index (χ1v) is 9.56. The van der Waals surface area contributed by atoms with E-state index in [9.17, 15) is 0 Å². The summed E-state index contributed by atoms with van der Waals surface area (Å²) < 4.78 is 0. The van der Waals surface area contributed by atoms with Crippen LogP contribution in [-0.2, 0) is 0 Å². The summed E-state index contributed by atoms with van der Waals surface area (Å²) in [5.41, 5.74) is 4.10. The molecule has 2 rings (SSSR count). The first-order chi connectivity index (χ1) is 11.5. The summed E-state index contributed by atoms with van der Waals surface area (Å²) in [6.45, 7) is 10.3. The molecule has 0 bridgehead atoms.